The highest BCUT2D eigenvalue weighted by molar-refractivity contribution is 6.30. The summed E-state index contributed by atoms with van der Waals surface area (Å²) in [4.78, 5) is 25.0. The molecule has 0 aliphatic carbocycles. The quantitative estimate of drug-likeness (QED) is 0.448. The van der Waals surface area contributed by atoms with Crippen LogP contribution in [0.3, 0.4) is 0 Å². The first-order chi connectivity index (χ1) is 15.4. The third-order valence-corrected chi connectivity index (χ3v) is 5.24. The van der Waals surface area contributed by atoms with E-state index >= 15 is 0 Å². The predicted molar refractivity (Wildman–Crippen MR) is 123 cm³/mol. The Balaban J connectivity index is 1.37. The molecule has 0 aliphatic heterocycles. The van der Waals surface area contributed by atoms with Crippen molar-refractivity contribution in [2.45, 2.75) is 20.0 Å². The lowest BCUT2D eigenvalue weighted by Gasteiger charge is -2.15. The molecule has 1 aromatic heterocycles. The maximum atomic E-state index is 12.6. The van der Waals surface area contributed by atoms with E-state index in [9.17, 15) is 9.59 Å². The van der Waals surface area contributed by atoms with E-state index < -0.39 is 17.9 Å². The van der Waals surface area contributed by atoms with Crippen molar-refractivity contribution < 1.29 is 14.3 Å². The molecule has 7 nitrogen and oxygen atoms in total. The highest BCUT2D eigenvalue weighted by Gasteiger charge is 2.19. The normalized spacial score (nSPS) is 11.7. The molecule has 3 aromatic carbocycles. The van der Waals surface area contributed by atoms with Crippen LogP contribution >= 0.6 is 11.6 Å². The number of halogens is 1. The van der Waals surface area contributed by atoms with E-state index in [-0.39, 0.29) is 0 Å². The summed E-state index contributed by atoms with van der Waals surface area (Å²) in [7, 11) is 0. The van der Waals surface area contributed by atoms with Gasteiger partial charge in [0.1, 0.15) is 5.75 Å². The van der Waals surface area contributed by atoms with E-state index in [1.165, 1.54) is 6.20 Å². The Morgan fingerprint density at radius 3 is 2.56 bits per heavy atom. The second-order valence-corrected chi connectivity index (χ2v) is 7.68. The summed E-state index contributed by atoms with van der Waals surface area (Å²) in [5, 5.41) is 6.91. The predicted octanol–water partition coefficient (Wildman–Crippen LogP) is 4.22. The number of fused-ring (bicyclic) bond motifs is 1. The van der Waals surface area contributed by atoms with Crippen molar-refractivity contribution in [3.63, 3.8) is 0 Å². The number of aromatic nitrogens is 2. The number of rotatable bonds is 5. The zero-order chi connectivity index (χ0) is 22.7. The number of hydrogen-bond donors (Lipinski definition) is 2. The van der Waals surface area contributed by atoms with E-state index in [4.69, 9.17) is 16.3 Å². The van der Waals surface area contributed by atoms with Gasteiger partial charge in [0.05, 0.1) is 23.1 Å². The van der Waals surface area contributed by atoms with E-state index in [1.807, 2.05) is 42.5 Å². The summed E-state index contributed by atoms with van der Waals surface area (Å²) in [6.07, 6.45) is 0.624. The lowest BCUT2D eigenvalue weighted by molar-refractivity contribution is -0.128. The highest BCUT2D eigenvalue weighted by atomic mass is 35.5. The minimum Gasteiger partial charge on any atom is -0.481 e. The zero-order valence-electron chi connectivity index (χ0n) is 17.5. The Morgan fingerprint density at radius 1 is 1.00 bits per heavy atom. The van der Waals surface area contributed by atoms with Gasteiger partial charge in [0.15, 0.2) is 6.10 Å². The molecule has 0 aliphatic rings. The Hall–Kier alpha value is -3.84. The average molecular weight is 449 g/mol. The molecule has 2 N–H and O–H groups in total. The van der Waals surface area contributed by atoms with Crippen LogP contribution in [0.5, 0.6) is 5.75 Å². The fraction of sp³-hybridized carbons (Fsp3) is 0.125. The van der Waals surface area contributed by atoms with Gasteiger partial charge in [0.2, 0.25) is 0 Å². The van der Waals surface area contributed by atoms with Gasteiger partial charge in [-0.25, -0.2) is 4.68 Å². The second-order valence-electron chi connectivity index (χ2n) is 7.25. The molecule has 0 spiro atoms. The smallest absolute Gasteiger partial charge is 0.279 e. The number of hydrazine groups is 1. The monoisotopic (exact) mass is 448 g/mol. The minimum atomic E-state index is -0.813. The Labute approximate surface area is 189 Å². The van der Waals surface area contributed by atoms with Crippen LogP contribution in [0.2, 0.25) is 5.02 Å². The summed E-state index contributed by atoms with van der Waals surface area (Å²) >= 11 is 6.04. The SMILES string of the molecule is Cc1c(C(=O)NNC(=O)C(C)Oc2ccc3ccccc3c2)cnn1-c1cccc(Cl)c1. The van der Waals surface area contributed by atoms with Gasteiger partial charge in [0.25, 0.3) is 11.8 Å². The van der Waals surface area contributed by atoms with Gasteiger partial charge in [-0.3, -0.25) is 20.4 Å². The fourth-order valence-corrected chi connectivity index (χ4v) is 3.47. The molecule has 0 fully saturated rings. The molecule has 0 bridgehead atoms. The third kappa shape index (κ3) is 4.58. The molecule has 0 saturated heterocycles. The van der Waals surface area contributed by atoms with Crippen molar-refractivity contribution in [1.29, 1.82) is 0 Å². The van der Waals surface area contributed by atoms with Crippen molar-refractivity contribution in [3.05, 3.63) is 89.2 Å². The van der Waals surface area contributed by atoms with Crippen LogP contribution in [-0.2, 0) is 4.79 Å². The summed E-state index contributed by atoms with van der Waals surface area (Å²) in [6.45, 7) is 3.37. The number of nitrogens with zero attached hydrogens (tertiary/aromatic N) is 2. The molecule has 32 heavy (non-hydrogen) atoms. The van der Waals surface area contributed by atoms with E-state index in [2.05, 4.69) is 16.0 Å². The Kier molecular flexibility index (Phi) is 6.09. The third-order valence-electron chi connectivity index (χ3n) is 5.01. The number of hydrogen-bond acceptors (Lipinski definition) is 4. The van der Waals surface area contributed by atoms with Gasteiger partial charge in [-0.1, -0.05) is 48.0 Å². The largest absolute Gasteiger partial charge is 0.481 e. The molecular formula is C24H21ClN4O3. The van der Waals surface area contributed by atoms with Crippen molar-refractivity contribution in [1.82, 2.24) is 20.6 Å². The van der Waals surface area contributed by atoms with Crippen LogP contribution in [0.1, 0.15) is 23.0 Å². The lowest BCUT2D eigenvalue weighted by Crippen LogP contribution is -2.47. The van der Waals surface area contributed by atoms with Gasteiger partial charge < -0.3 is 4.74 Å². The number of ether oxygens (including phenoxy) is 1. The molecule has 4 rings (SSSR count). The summed E-state index contributed by atoms with van der Waals surface area (Å²) < 4.78 is 7.33. The molecule has 162 valence electrons. The molecule has 1 unspecified atom stereocenters. The first-order valence-electron chi connectivity index (χ1n) is 9.98. The van der Waals surface area contributed by atoms with Gasteiger partial charge in [-0.15, -0.1) is 0 Å². The summed E-state index contributed by atoms with van der Waals surface area (Å²) in [5.41, 5.74) is 6.49. The number of carbonyl (C=O) groups excluding carboxylic acids is 2. The Morgan fingerprint density at radius 2 is 1.78 bits per heavy atom. The van der Waals surface area contributed by atoms with Crippen molar-refractivity contribution in [3.8, 4) is 11.4 Å². The average Bonchev–Trinajstić information content (AvgIpc) is 3.18. The molecule has 0 radical (unpaired) electrons. The van der Waals surface area contributed by atoms with E-state index in [1.54, 1.807) is 42.8 Å². The molecule has 4 aromatic rings. The fourth-order valence-electron chi connectivity index (χ4n) is 3.29. The molecule has 8 heteroatoms. The van der Waals surface area contributed by atoms with Gasteiger partial charge >= 0.3 is 0 Å². The van der Waals surface area contributed by atoms with Crippen molar-refractivity contribution >= 4 is 34.2 Å². The number of nitrogens with one attached hydrogen (secondary N) is 2. The number of carbonyl (C=O) groups is 2. The van der Waals surface area contributed by atoms with Gasteiger partial charge in [0, 0.05) is 5.02 Å². The number of amides is 2. The molecule has 1 heterocycles. The maximum Gasteiger partial charge on any atom is 0.279 e. The van der Waals surface area contributed by atoms with Gasteiger partial charge in [-0.2, -0.15) is 5.10 Å². The van der Waals surface area contributed by atoms with Crippen molar-refractivity contribution in [2.75, 3.05) is 0 Å². The lowest BCUT2D eigenvalue weighted by atomic mass is 10.1. The minimum absolute atomic E-state index is 0.327. The molecule has 0 saturated carbocycles. The number of benzene rings is 3. The summed E-state index contributed by atoms with van der Waals surface area (Å²) in [6, 6.07) is 20.6. The second kappa shape index (κ2) is 9.11. The zero-order valence-corrected chi connectivity index (χ0v) is 18.3. The Bertz CT molecular complexity index is 1300. The van der Waals surface area contributed by atoms with Crippen LogP contribution in [0.4, 0.5) is 0 Å². The van der Waals surface area contributed by atoms with E-state index in [0.717, 1.165) is 16.5 Å². The first kappa shape index (κ1) is 21.4. The first-order valence-corrected chi connectivity index (χ1v) is 10.4. The molecule has 1 atom stereocenters. The maximum absolute atomic E-state index is 12.6. The van der Waals surface area contributed by atoms with E-state index in [0.29, 0.717) is 22.0 Å². The summed E-state index contributed by atoms with van der Waals surface area (Å²) in [5.74, 6) is -0.398. The topological polar surface area (TPSA) is 85.2 Å². The highest BCUT2D eigenvalue weighted by Crippen LogP contribution is 2.21. The molecular weight excluding hydrogens is 428 g/mol. The van der Waals surface area contributed by atoms with Crippen molar-refractivity contribution in [2.24, 2.45) is 0 Å². The molecule has 2 amide bonds. The standard InChI is InChI=1S/C24H21ClN4O3/c1-15-22(14-26-29(15)20-9-5-8-19(25)13-20)24(31)28-27-23(30)16(2)32-21-11-10-17-6-3-4-7-18(17)12-21/h3-14,16H,1-2H3,(H,27,30)(H,28,31). The van der Waals surface area contributed by atoms with Crippen LogP contribution in [-0.4, -0.2) is 27.7 Å². The van der Waals surface area contributed by atoms with Crippen LogP contribution in [0, 0.1) is 6.92 Å². The van der Waals surface area contributed by atoms with Gasteiger partial charge in [-0.05, 0) is 55.0 Å². The van der Waals surface area contributed by atoms with Crippen LogP contribution in [0.25, 0.3) is 16.5 Å². The van der Waals surface area contributed by atoms with Crippen LogP contribution < -0.4 is 15.6 Å². The van der Waals surface area contributed by atoms with Crippen LogP contribution in [0.15, 0.2) is 72.9 Å².